The third-order valence-electron chi connectivity index (χ3n) is 4.92. The van der Waals surface area contributed by atoms with Gasteiger partial charge in [0.15, 0.2) is 0 Å². The molecule has 1 fully saturated rings. The first-order valence-corrected chi connectivity index (χ1v) is 9.39. The third kappa shape index (κ3) is 4.32. The van der Waals surface area contributed by atoms with Crippen LogP contribution < -0.4 is 10.6 Å². The van der Waals surface area contributed by atoms with E-state index in [2.05, 4.69) is 36.6 Å². The number of aromatic nitrogens is 3. The lowest BCUT2D eigenvalue weighted by Crippen LogP contribution is -2.37. The molecule has 0 saturated carbocycles. The molecule has 27 heavy (non-hydrogen) atoms. The first-order chi connectivity index (χ1) is 13.3. The van der Waals surface area contributed by atoms with E-state index in [0.29, 0.717) is 12.5 Å². The maximum absolute atomic E-state index is 12.3. The summed E-state index contributed by atoms with van der Waals surface area (Å²) in [5.74, 6) is 0.367. The second-order valence-corrected chi connectivity index (χ2v) is 6.83. The van der Waals surface area contributed by atoms with E-state index in [-0.39, 0.29) is 18.5 Å². The van der Waals surface area contributed by atoms with E-state index in [0.717, 1.165) is 24.1 Å². The largest absolute Gasteiger partial charge is 0.324 e. The average molecular weight is 364 g/mol. The molecule has 1 atom stereocenters. The Hall–Kier alpha value is -2.77. The number of imidazole rings is 1. The van der Waals surface area contributed by atoms with Gasteiger partial charge >= 0.3 is 0 Å². The van der Waals surface area contributed by atoms with Crippen molar-refractivity contribution in [1.82, 2.24) is 25.2 Å². The average Bonchev–Trinajstić information content (AvgIpc) is 3.35. The van der Waals surface area contributed by atoms with Crippen LogP contribution in [0.2, 0.25) is 0 Å². The Morgan fingerprint density at radius 1 is 1.19 bits per heavy atom. The highest BCUT2D eigenvalue weighted by molar-refractivity contribution is 5.92. The Balaban J connectivity index is 1.33. The lowest BCUT2D eigenvalue weighted by Gasteiger charge is -2.28. The predicted molar refractivity (Wildman–Crippen MR) is 105 cm³/mol. The number of fused-ring (bicyclic) bond motifs is 1. The molecule has 2 aromatic heterocycles. The number of pyridine rings is 1. The summed E-state index contributed by atoms with van der Waals surface area (Å²) < 4.78 is 0. The summed E-state index contributed by atoms with van der Waals surface area (Å²) in [6.07, 6.45) is 6.16. The number of nitrogens with zero attached hydrogens (tertiary/aromatic N) is 3. The van der Waals surface area contributed by atoms with E-state index >= 15 is 0 Å². The lowest BCUT2D eigenvalue weighted by molar-refractivity contribution is -0.115. The standard InChI is InChI=1S/C20H24N6O/c27-19(25-20-23-16-7-1-2-8-17(16)24-20)14-22-13-18(26-10-3-4-11-26)15-6-5-9-21-12-15/h1-2,5-9,12,18,22H,3-4,10-11,13-14H2,(H2,23,24,25,27)/t18-/m0/s1. The van der Waals surface area contributed by atoms with Crippen molar-refractivity contribution in [2.24, 2.45) is 0 Å². The highest BCUT2D eigenvalue weighted by Gasteiger charge is 2.23. The molecule has 0 spiro atoms. The summed E-state index contributed by atoms with van der Waals surface area (Å²) in [4.78, 5) is 26.5. The van der Waals surface area contributed by atoms with E-state index in [1.807, 2.05) is 36.5 Å². The zero-order valence-electron chi connectivity index (χ0n) is 15.2. The number of anilines is 1. The number of aromatic amines is 1. The van der Waals surface area contributed by atoms with E-state index in [1.54, 1.807) is 6.20 Å². The van der Waals surface area contributed by atoms with Crippen molar-refractivity contribution >= 4 is 22.9 Å². The number of hydrogen-bond donors (Lipinski definition) is 3. The number of hydrogen-bond acceptors (Lipinski definition) is 5. The van der Waals surface area contributed by atoms with Crippen molar-refractivity contribution in [3.05, 3.63) is 54.4 Å². The van der Waals surface area contributed by atoms with Gasteiger partial charge in [-0.25, -0.2) is 4.98 Å². The minimum absolute atomic E-state index is 0.111. The molecular formula is C20H24N6O. The molecule has 7 heteroatoms. The predicted octanol–water partition coefficient (Wildman–Crippen LogP) is 2.32. The second-order valence-electron chi connectivity index (χ2n) is 6.83. The molecule has 3 heterocycles. The van der Waals surface area contributed by atoms with Crippen LogP contribution in [0.4, 0.5) is 5.95 Å². The van der Waals surface area contributed by atoms with Gasteiger partial charge in [0.2, 0.25) is 11.9 Å². The molecule has 0 bridgehead atoms. The van der Waals surface area contributed by atoms with Gasteiger partial charge in [-0.3, -0.25) is 20.0 Å². The van der Waals surface area contributed by atoms with Crippen molar-refractivity contribution in [3.8, 4) is 0 Å². The van der Waals surface area contributed by atoms with Crippen molar-refractivity contribution in [3.63, 3.8) is 0 Å². The number of H-pyrrole nitrogens is 1. The molecule has 1 saturated heterocycles. The number of rotatable bonds is 7. The molecule has 1 aliphatic rings. The van der Waals surface area contributed by atoms with Crippen LogP contribution in [0, 0.1) is 0 Å². The smallest absolute Gasteiger partial charge is 0.240 e. The zero-order valence-corrected chi connectivity index (χ0v) is 15.2. The molecule has 1 aromatic carbocycles. The van der Waals surface area contributed by atoms with Gasteiger partial charge in [0.1, 0.15) is 0 Å². The number of carbonyl (C=O) groups is 1. The van der Waals surface area contributed by atoms with Crippen LogP contribution in [-0.4, -0.2) is 51.9 Å². The molecule has 4 rings (SSSR count). The SMILES string of the molecule is O=C(CNC[C@@H](c1cccnc1)N1CCCC1)Nc1nc2ccccc2[nH]1. The number of nitrogens with one attached hydrogen (secondary N) is 3. The van der Waals surface area contributed by atoms with Gasteiger partial charge in [-0.1, -0.05) is 18.2 Å². The van der Waals surface area contributed by atoms with Crippen LogP contribution in [0.3, 0.4) is 0 Å². The summed E-state index contributed by atoms with van der Waals surface area (Å²) in [7, 11) is 0. The molecule has 3 aromatic rings. The molecule has 7 nitrogen and oxygen atoms in total. The van der Waals surface area contributed by atoms with Crippen molar-refractivity contribution in [1.29, 1.82) is 0 Å². The lowest BCUT2D eigenvalue weighted by atomic mass is 10.1. The summed E-state index contributed by atoms with van der Waals surface area (Å²) >= 11 is 0. The molecule has 3 N–H and O–H groups in total. The first kappa shape index (κ1) is 17.6. The number of amides is 1. The fourth-order valence-corrected chi connectivity index (χ4v) is 3.59. The van der Waals surface area contributed by atoms with Gasteiger partial charge in [-0.15, -0.1) is 0 Å². The molecule has 0 unspecified atom stereocenters. The molecular weight excluding hydrogens is 340 g/mol. The van der Waals surface area contributed by atoms with E-state index in [1.165, 1.54) is 18.4 Å². The Bertz CT molecular complexity index is 855. The van der Waals surface area contributed by atoms with Gasteiger partial charge < -0.3 is 10.3 Å². The van der Waals surface area contributed by atoms with Crippen LogP contribution in [0.5, 0.6) is 0 Å². The van der Waals surface area contributed by atoms with Crippen LogP contribution in [0.15, 0.2) is 48.8 Å². The van der Waals surface area contributed by atoms with Crippen LogP contribution in [-0.2, 0) is 4.79 Å². The number of likely N-dealkylation sites (tertiary alicyclic amines) is 1. The number of benzene rings is 1. The van der Waals surface area contributed by atoms with Crippen LogP contribution in [0.25, 0.3) is 11.0 Å². The Morgan fingerprint density at radius 2 is 2.04 bits per heavy atom. The summed E-state index contributed by atoms with van der Waals surface area (Å²) in [6, 6.07) is 12.0. The van der Waals surface area contributed by atoms with Gasteiger partial charge in [0.25, 0.3) is 0 Å². The van der Waals surface area contributed by atoms with Gasteiger partial charge in [-0.05, 0) is 49.7 Å². The van der Waals surface area contributed by atoms with E-state index in [9.17, 15) is 4.79 Å². The second kappa shape index (κ2) is 8.28. The molecule has 140 valence electrons. The molecule has 0 radical (unpaired) electrons. The Labute approximate surface area is 158 Å². The normalized spacial score (nSPS) is 15.9. The maximum Gasteiger partial charge on any atom is 0.240 e. The van der Waals surface area contributed by atoms with Crippen molar-refractivity contribution in [2.75, 3.05) is 31.5 Å². The number of para-hydroxylation sites is 2. The Morgan fingerprint density at radius 3 is 2.81 bits per heavy atom. The Kier molecular flexibility index (Phi) is 5.41. The number of carbonyl (C=O) groups excluding carboxylic acids is 1. The van der Waals surface area contributed by atoms with Gasteiger partial charge in [0.05, 0.1) is 17.6 Å². The van der Waals surface area contributed by atoms with Gasteiger partial charge in [0, 0.05) is 25.0 Å². The minimum Gasteiger partial charge on any atom is -0.324 e. The fourth-order valence-electron chi connectivity index (χ4n) is 3.59. The van der Waals surface area contributed by atoms with Gasteiger partial charge in [-0.2, -0.15) is 0 Å². The fraction of sp³-hybridized carbons (Fsp3) is 0.350. The first-order valence-electron chi connectivity index (χ1n) is 9.39. The molecule has 1 amide bonds. The minimum atomic E-state index is -0.111. The summed E-state index contributed by atoms with van der Waals surface area (Å²) in [6.45, 7) is 3.12. The maximum atomic E-state index is 12.3. The summed E-state index contributed by atoms with van der Waals surface area (Å²) in [5, 5.41) is 6.11. The van der Waals surface area contributed by atoms with Crippen LogP contribution >= 0.6 is 0 Å². The van der Waals surface area contributed by atoms with Crippen molar-refractivity contribution in [2.45, 2.75) is 18.9 Å². The topological polar surface area (TPSA) is 85.9 Å². The molecule has 1 aliphatic heterocycles. The zero-order chi connectivity index (χ0) is 18.5. The quantitative estimate of drug-likeness (QED) is 0.599. The summed E-state index contributed by atoms with van der Waals surface area (Å²) in [5.41, 5.74) is 2.93. The highest BCUT2D eigenvalue weighted by atomic mass is 16.2. The highest BCUT2D eigenvalue weighted by Crippen LogP contribution is 2.23. The van der Waals surface area contributed by atoms with E-state index < -0.39 is 0 Å². The third-order valence-corrected chi connectivity index (χ3v) is 4.92. The molecule has 0 aliphatic carbocycles. The van der Waals surface area contributed by atoms with Crippen LogP contribution in [0.1, 0.15) is 24.4 Å². The van der Waals surface area contributed by atoms with E-state index in [4.69, 9.17) is 0 Å². The van der Waals surface area contributed by atoms with Crippen molar-refractivity contribution < 1.29 is 4.79 Å². The monoisotopic (exact) mass is 364 g/mol.